The summed E-state index contributed by atoms with van der Waals surface area (Å²) in [5, 5.41) is 11.5. The van der Waals surface area contributed by atoms with Gasteiger partial charge in [0.15, 0.2) is 6.10 Å². The molecule has 31 heavy (non-hydrogen) atoms. The van der Waals surface area contributed by atoms with Gasteiger partial charge < -0.3 is 24.3 Å². The van der Waals surface area contributed by atoms with Crippen LogP contribution in [0, 0.1) is 0 Å². The maximum atomic E-state index is 12.6. The Labute approximate surface area is 181 Å². The fourth-order valence-corrected chi connectivity index (χ4v) is 2.89. The predicted octanol–water partition coefficient (Wildman–Crippen LogP) is 2.66. The van der Waals surface area contributed by atoms with Gasteiger partial charge >= 0.3 is 18.0 Å². The van der Waals surface area contributed by atoms with Crippen LogP contribution in [0.3, 0.4) is 0 Å². The molecular weight excluding hydrogens is 432 g/mol. The number of benzene rings is 1. The van der Waals surface area contributed by atoms with E-state index in [-0.39, 0.29) is 34.5 Å². The summed E-state index contributed by atoms with van der Waals surface area (Å²) in [7, 11) is 1.21. The smallest absolute Gasteiger partial charge is 0.373 e. The van der Waals surface area contributed by atoms with E-state index in [4.69, 9.17) is 25.9 Å². The second-order valence-corrected chi connectivity index (χ2v) is 6.83. The van der Waals surface area contributed by atoms with Gasteiger partial charge in [-0.25, -0.2) is 14.4 Å². The molecule has 2 N–H and O–H groups in total. The minimum atomic E-state index is -1.14. The number of rotatable bonds is 7. The molecule has 3 rings (SSSR count). The highest BCUT2D eigenvalue weighted by Gasteiger charge is 2.34. The number of carboxylic acids is 1. The zero-order valence-electron chi connectivity index (χ0n) is 16.4. The summed E-state index contributed by atoms with van der Waals surface area (Å²) < 4.78 is 15.1. The first-order chi connectivity index (χ1) is 14.7. The predicted molar refractivity (Wildman–Crippen MR) is 106 cm³/mol. The Hall–Kier alpha value is -3.79. The monoisotopic (exact) mass is 448 g/mol. The Morgan fingerprint density at radius 2 is 2.03 bits per heavy atom. The first kappa shape index (κ1) is 21.9. The van der Waals surface area contributed by atoms with Gasteiger partial charge in [-0.3, -0.25) is 9.69 Å². The van der Waals surface area contributed by atoms with Crippen LogP contribution in [-0.2, 0) is 20.9 Å². The molecule has 0 aliphatic carbocycles. The molecule has 1 saturated heterocycles. The zero-order valence-corrected chi connectivity index (χ0v) is 17.1. The fourth-order valence-electron chi connectivity index (χ4n) is 2.65. The largest absolute Gasteiger partial charge is 0.479 e. The molecule has 162 valence electrons. The molecule has 11 heteroatoms. The van der Waals surface area contributed by atoms with Crippen molar-refractivity contribution in [1.82, 2.24) is 10.2 Å². The van der Waals surface area contributed by atoms with Gasteiger partial charge in [0.25, 0.3) is 5.91 Å². The van der Waals surface area contributed by atoms with Crippen LogP contribution in [0.25, 0.3) is 6.08 Å². The number of amides is 3. The average molecular weight is 449 g/mol. The second kappa shape index (κ2) is 8.92. The Morgan fingerprint density at radius 1 is 1.29 bits per heavy atom. The van der Waals surface area contributed by atoms with E-state index in [1.165, 1.54) is 44.4 Å². The number of imide groups is 1. The van der Waals surface area contributed by atoms with Gasteiger partial charge in [0.05, 0.1) is 18.7 Å². The lowest BCUT2D eigenvalue weighted by Gasteiger charge is -2.12. The lowest BCUT2D eigenvalue weighted by molar-refractivity contribution is -0.144. The maximum absolute atomic E-state index is 12.6. The topological polar surface area (TPSA) is 135 Å². The number of hydrogen-bond acceptors (Lipinski definition) is 7. The van der Waals surface area contributed by atoms with E-state index in [1.807, 2.05) is 0 Å². The van der Waals surface area contributed by atoms with Crippen LogP contribution in [0.15, 0.2) is 40.4 Å². The molecule has 3 amide bonds. The highest BCUT2D eigenvalue weighted by atomic mass is 35.5. The van der Waals surface area contributed by atoms with Gasteiger partial charge in [0.1, 0.15) is 17.2 Å². The molecule has 1 fully saturated rings. The van der Waals surface area contributed by atoms with Gasteiger partial charge in [0.2, 0.25) is 5.76 Å². The summed E-state index contributed by atoms with van der Waals surface area (Å²) >= 11 is 6.12. The minimum absolute atomic E-state index is 0.00777. The number of aliphatic carboxylic acids is 1. The summed E-state index contributed by atoms with van der Waals surface area (Å²) in [6.45, 7) is 1.18. The molecule has 10 nitrogen and oxygen atoms in total. The maximum Gasteiger partial charge on any atom is 0.373 e. The molecule has 0 radical (unpaired) electrons. The lowest BCUT2D eigenvalue weighted by atomic mass is 10.2. The number of carboxylic acid groups (broad SMARTS) is 1. The molecule has 0 saturated carbocycles. The Kier molecular flexibility index (Phi) is 6.30. The van der Waals surface area contributed by atoms with Gasteiger partial charge in [-0.05, 0) is 42.8 Å². The highest BCUT2D eigenvalue weighted by molar-refractivity contribution is 6.32. The lowest BCUT2D eigenvalue weighted by Crippen LogP contribution is -2.30. The van der Waals surface area contributed by atoms with Crippen LogP contribution in [-0.4, -0.2) is 47.1 Å². The van der Waals surface area contributed by atoms with Gasteiger partial charge in [0, 0.05) is 0 Å². The molecule has 2 aromatic rings. The molecule has 0 bridgehead atoms. The highest BCUT2D eigenvalue weighted by Crippen LogP contribution is 2.28. The third kappa shape index (κ3) is 4.86. The number of hydrogen-bond donors (Lipinski definition) is 2. The number of methoxy groups -OCH3 is 1. The van der Waals surface area contributed by atoms with E-state index in [0.717, 1.165) is 4.90 Å². The summed E-state index contributed by atoms with van der Waals surface area (Å²) in [6.07, 6.45) is 0.325. The molecule has 1 atom stereocenters. The normalized spacial score (nSPS) is 15.7. The van der Waals surface area contributed by atoms with Crippen molar-refractivity contribution in [3.8, 4) is 5.75 Å². The van der Waals surface area contributed by atoms with Crippen molar-refractivity contribution >= 4 is 41.6 Å². The Morgan fingerprint density at radius 3 is 2.68 bits per heavy atom. The van der Waals surface area contributed by atoms with E-state index in [2.05, 4.69) is 10.1 Å². The van der Waals surface area contributed by atoms with Crippen molar-refractivity contribution in [3.05, 3.63) is 58.1 Å². The molecular formula is C20H17ClN2O8. The van der Waals surface area contributed by atoms with Crippen molar-refractivity contribution in [2.45, 2.75) is 19.6 Å². The van der Waals surface area contributed by atoms with Crippen LogP contribution in [0.2, 0.25) is 5.02 Å². The number of ether oxygens (including phenoxy) is 2. The fraction of sp³-hybridized carbons (Fsp3) is 0.200. The average Bonchev–Trinajstić information content (AvgIpc) is 3.30. The molecule has 1 aromatic heterocycles. The number of carbonyl (C=O) groups excluding carboxylic acids is 3. The standard InChI is InChI=1S/C20H17ClN2O8/c1-10(18(25)26)30-15-5-3-11(7-13(15)21)8-14-17(24)23(20(28)22-14)9-12-4-6-16(31-12)19(27)29-2/h3-8,10H,9H2,1-2H3,(H,22,28)(H,25,26)/b14-8-/t10-/m1/s1. The second-order valence-electron chi connectivity index (χ2n) is 6.43. The van der Waals surface area contributed by atoms with Gasteiger partial charge in [-0.15, -0.1) is 0 Å². The molecule has 0 unspecified atom stereocenters. The summed E-state index contributed by atoms with van der Waals surface area (Å²) in [6, 6.07) is 6.67. The van der Waals surface area contributed by atoms with Crippen molar-refractivity contribution in [2.75, 3.05) is 7.11 Å². The number of halogens is 1. The van der Waals surface area contributed by atoms with E-state index < -0.39 is 30.0 Å². The SMILES string of the molecule is COC(=O)c1ccc(CN2C(=O)N/C(=C\c3ccc(O[C@H](C)C(=O)O)c(Cl)c3)C2=O)o1. The number of esters is 1. The van der Waals surface area contributed by atoms with Gasteiger partial charge in [-0.2, -0.15) is 0 Å². The van der Waals surface area contributed by atoms with Crippen LogP contribution in [0.5, 0.6) is 5.75 Å². The third-order valence-corrected chi connectivity index (χ3v) is 4.54. The molecule has 1 aliphatic heterocycles. The summed E-state index contributed by atoms with van der Waals surface area (Å²) in [5.74, 6) is -2.07. The van der Waals surface area contributed by atoms with Crippen molar-refractivity contribution in [1.29, 1.82) is 0 Å². The van der Waals surface area contributed by atoms with Crippen molar-refractivity contribution < 1.29 is 38.2 Å². The van der Waals surface area contributed by atoms with Crippen LogP contribution < -0.4 is 10.1 Å². The van der Waals surface area contributed by atoms with Crippen molar-refractivity contribution in [2.24, 2.45) is 0 Å². The third-order valence-electron chi connectivity index (χ3n) is 4.24. The van der Waals surface area contributed by atoms with E-state index in [0.29, 0.717) is 5.56 Å². The van der Waals surface area contributed by atoms with Crippen LogP contribution in [0.1, 0.15) is 28.8 Å². The Balaban J connectivity index is 1.74. The van der Waals surface area contributed by atoms with E-state index >= 15 is 0 Å². The van der Waals surface area contributed by atoms with Crippen molar-refractivity contribution in [3.63, 3.8) is 0 Å². The number of furan rings is 1. The first-order valence-corrected chi connectivity index (χ1v) is 9.28. The summed E-state index contributed by atoms with van der Waals surface area (Å²) in [4.78, 5) is 48.1. The number of carbonyl (C=O) groups is 4. The minimum Gasteiger partial charge on any atom is -0.479 e. The number of nitrogens with zero attached hydrogens (tertiary/aromatic N) is 1. The molecule has 1 aromatic carbocycles. The molecule has 0 spiro atoms. The first-order valence-electron chi connectivity index (χ1n) is 8.90. The van der Waals surface area contributed by atoms with Crippen LogP contribution in [0.4, 0.5) is 4.79 Å². The van der Waals surface area contributed by atoms with E-state index in [9.17, 15) is 19.2 Å². The quantitative estimate of drug-likeness (QED) is 0.375. The molecule has 1 aliphatic rings. The summed E-state index contributed by atoms with van der Waals surface area (Å²) in [5.41, 5.74) is 0.491. The Bertz CT molecular complexity index is 1090. The molecule has 2 heterocycles. The van der Waals surface area contributed by atoms with Crippen LogP contribution >= 0.6 is 11.6 Å². The number of nitrogens with one attached hydrogen (secondary N) is 1. The zero-order chi connectivity index (χ0) is 22.7. The van der Waals surface area contributed by atoms with Gasteiger partial charge in [-0.1, -0.05) is 17.7 Å². The van der Waals surface area contributed by atoms with E-state index in [1.54, 1.807) is 6.07 Å². The number of urea groups is 1.